The van der Waals surface area contributed by atoms with Gasteiger partial charge in [0.2, 0.25) is 0 Å². The minimum absolute atomic E-state index is 0.0319. The van der Waals surface area contributed by atoms with Crippen molar-refractivity contribution in [3.63, 3.8) is 0 Å². The van der Waals surface area contributed by atoms with E-state index in [1.807, 2.05) is 16.8 Å². The standard InChI is InChI=1S/C18H25N3O/c1-5-6-17-16(18(22)19-11-13(2)3)12-20-21(17)15-9-7-14(4)8-10-15/h7-10,12-13H,5-6,11H2,1-4H3,(H,19,22). The summed E-state index contributed by atoms with van der Waals surface area (Å²) >= 11 is 0. The number of benzene rings is 1. The number of nitrogens with one attached hydrogen (secondary N) is 1. The predicted octanol–water partition coefficient (Wildman–Crippen LogP) is 3.52. The Morgan fingerprint density at radius 2 is 1.95 bits per heavy atom. The molecule has 4 nitrogen and oxygen atoms in total. The van der Waals surface area contributed by atoms with Gasteiger partial charge in [-0.2, -0.15) is 5.10 Å². The van der Waals surface area contributed by atoms with Crippen LogP contribution < -0.4 is 5.32 Å². The van der Waals surface area contributed by atoms with Crippen molar-refractivity contribution in [2.75, 3.05) is 6.54 Å². The molecule has 0 fully saturated rings. The fourth-order valence-electron chi connectivity index (χ4n) is 2.34. The molecular weight excluding hydrogens is 274 g/mol. The topological polar surface area (TPSA) is 46.9 Å². The van der Waals surface area contributed by atoms with Crippen molar-refractivity contribution in [3.05, 3.63) is 47.3 Å². The molecule has 2 rings (SSSR count). The second-order valence-electron chi connectivity index (χ2n) is 6.11. The summed E-state index contributed by atoms with van der Waals surface area (Å²) in [4.78, 5) is 12.4. The fourth-order valence-corrected chi connectivity index (χ4v) is 2.34. The van der Waals surface area contributed by atoms with Crippen molar-refractivity contribution in [1.82, 2.24) is 15.1 Å². The predicted molar refractivity (Wildman–Crippen MR) is 89.5 cm³/mol. The first kappa shape index (κ1) is 16.3. The lowest BCUT2D eigenvalue weighted by Crippen LogP contribution is -2.28. The van der Waals surface area contributed by atoms with Crippen LogP contribution in [0.3, 0.4) is 0 Å². The number of aromatic nitrogens is 2. The third kappa shape index (κ3) is 3.75. The molecule has 0 atom stereocenters. The lowest BCUT2D eigenvalue weighted by atomic mass is 10.1. The van der Waals surface area contributed by atoms with Gasteiger partial charge in [-0.1, -0.05) is 44.9 Å². The van der Waals surface area contributed by atoms with Gasteiger partial charge < -0.3 is 5.32 Å². The molecule has 1 amide bonds. The first-order valence-corrected chi connectivity index (χ1v) is 7.95. The van der Waals surface area contributed by atoms with E-state index in [0.29, 0.717) is 18.0 Å². The van der Waals surface area contributed by atoms with Crippen LogP contribution in [0.5, 0.6) is 0 Å². The van der Waals surface area contributed by atoms with E-state index in [9.17, 15) is 4.79 Å². The second-order valence-corrected chi connectivity index (χ2v) is 6.11. The number of hydrogen-bond donors (Lipinski definition) is 1. The summed E-state index contributed by atoms with van der Waals surface area (Å²) in [6, 6.07) is 8.20. The summed E-state index contributed by atoms with van der Waals surface area (Å²) in [5.74, 6) is 0.404. The zero-order chi connectivity index (χ0) is 16.1. The molecule has 22 heavy (non-hydrogen) atoms. The molecule has 0 spiro atoms. The Kier molecular flexibility index (Phi) is 5.36. The number of amides is 1. The molecular formula is C18H25N3O. The summed E-state index contributed by atoms with van der Waals surface area (Å²) in [5.41, 5.74) is 3.87. The highest BCUT2D eigenvalue weighted by Crippen LogP contribution is 2.17. The highest BCUT2D eigenvalue weighted by molar-refractivity contribution is 5.95. The Morgan fingerprint density at radius 3 is 2.55 bits per heavy atom. The van der Waals surface area contributed by atoms with Crippen molar-refractivity contribution in [2.45, 2.75) is 40.5 Å². The van der Waals surface area contributed by atoms with E-state index >= 15 is 0 Å². The second kappa shape index (κ2) is 7.25. The van der Waals surface area contributed by atoms with Gasteiger partial charge in [0.25, 0.3) is 5.91 Å². The summed E-state index contributed by atoms with van der Waals surface area (Å²) in [6.07, 6.45) is 3.49. The molecule has 1 aromatic heterocycles. The molecule has 0 aliphatic heterocycles. The molecule has 0 radical (unpaired) electrons. The normalized spacial score (nSPS) is 11.0. The van der Waals surface area contributed by atoms with Gasteiger partial charge in [-0.25, -0.2) is 4.68 Å². The molecule has 0 aliphatic rings. The maximum Gasteiger partial charge on any atom is 0.254 e. The van der Waals surface area contributed by atoms with E-state index in [4.69, 9.17) is 0 Å². The van der Waals surface area contributed by atoms with Crippen LogP contribution in [0.1, 0.15) is 48.8 Å². The van der Waals surface area contributed by atoms with Gasteiger partial charge in [0, 0.05) is 6.54 Å². The highest BCUT2D eigenvalue weighted by Gasteiger charge is 2.17. The molecule has 4 heteroatoms. The molecule has 1 heterocycles. The molecule has 0 unspecified atom stereocenters. The summed E-state index contributed by atoms with van der Waals surface area (Å²) in [6.45, 7) is 9.03. The minimum atomic E-state index is -0.0319. The number of rotatable bonds is 6. The molecule has 0 aliphatic carbocycles. The van der Waals surface area contributed by atoms with Crippen LogP contribution in [0.15, 0.2) is 30.5 Å². The average Bonchev–Trinajstić information content (AvgIpc) is 2.90. The Hall–Kier alpha value is -2.10. The van der Waals surface area contributed by atoms with E-state index in [2.05, 4.69) is 50.2 Å². The van der Waals surface area contributed by atoms with Crippen LogP contribution in [0, 0.1) is 12.8 Å². The first-order chi connectivity index (χ1) is 10.5. The summed E-state index contributed by atoms with van der Waals surface area (Å²) in [7, 11) is 0. The molecule has 118 valence electrons. The zero-order valence-corrected chi connectivity index (χ0v) is 13.9. The van der Waals surface area contributed by atoms with Crippen LogP contribution >= 0.6 is 0 Å². The summed E-state index contributed by atoms with van der Waals surface area (Å²) in [5, 5.41) is 7.42. The maximum absolute atomic E-state index is 12.4. The van der Waals surface area contributed by atoms with E-state index in [0.717, 1.165) is 24.2 Å². The van der Waals surface area contributed by atoms with E-state index in [1.165, 1.54) is 5.56 Å². The number of carbonyl (C=O) groups is 1. The van der Waals surface area contributed by atoms with Crippen LogP contribution in [0.2, 0.25) is 0 Å². The Bertz CT molecular complexity index is 626. The summed E-state index contributed by atoms with van der Waals surface area (Å²) < 4.78 is 1.88. The average molecular weight is 299 g/mol. The van der Waals surface area contributed by atoms with E-state index < -0.39 is 0 Å². The Morgan fingerprint density at radius 1 is 1.27 bits per heavy atom. The van der Waals surface area contributed by atoms with E-state index in [1.54, 1.807) is 6.20 Å². The SMILES string of the molecule is CCCc1c(C(=O)NCC(C)C)cnn1-c1ccc(C)cc1. The van der Waals surface area contributed by atoms with Crippen molar-refractivity contribution >= 4 is 5.91 Å². The van der Waals surface area contributed by atoms with Gasteiger partial charge in [-0.3, -0.25) is 4.79 Å². The zero-order valence-electron chi connectivity index (χ0n) is 13.9. The third-order valence-corrected chi connectivity index (χ3v) is 3.55. The number of carbonyl (C=O) groups excluding carboxylic acids is 1. The highest BCUT2D eigenvalue weighted by atomic mass is 16.1. The van der Waals surface area contributed by atoms with E-state index in [-0.39, 0.29) is 5.91 Å². The Labute approximate surface area is 132 Å². The van der Waals surface area contributed by atoms with Crippen molar-refractivity contribution in [3.8, 4) is 5.69 Å². The Balaban J connectivity index is 2.32. The van der Waals surface area contributed by atoms with Crippen LogP contribution in [0.25, 0.3) is 5.69 Å². The van der Waals surface area contributed by atoms with Crippen molar-refractivity contribution in [2.24, 2.45) is 5.92 Å². The smallest absolute Gasteiger partial charge is 0.254 e. The third-order valence-electron chi connectivity index (χ3n) is 3.55. The minimum Gasteiger partial charge on any atom is -0.352 e. The molecule has 0 bridgehead atoms. The van der Waals surface area contributed by atoms with Gasteiger partial charge in [-0.05, 0) is 31.4 Å². The molecule has 0 saturated heterocycles. The monoisotopic (exact) mass is 299 g/mol. The van der Waals surface area contributed by atoms with Gasteiger partial charge in [0.1, 0.15) is 0 Å². The quantitative estimate of drug-likeness (QED) is 0.887. The molecule has 1 aromatic carbocycles. The largest absolute Gasteiger partial charge is 0.352 e. The van der Waals surface area contributed by atoms with Gasteiger partial charge >= 0.3 is 0 Å². The lowest BCUT2D eigenvalue weighted by molar-refractivity contribution is 0.0948. The van der Waals surface area contributed by atoms with Gasteiger partial charge in [0.15, 0.2) is 0 Å². The molecule has 0 saturated carbocycles. The first-order valence-electron chi connectivity index (χ1n) is 7.95. The van der Waals surface area contributed by atoms with Crippen LogP contribution in [-0.2, 0) is 6.42 Å². The van der Waals surface area contributed by atoms with Gasteiger partial charge in [0.05, 0.1) is 23.1 Å². The van der Waals surface area contributed by atoms with Crippen LogP contribution in [0.4, 0.5) is 0 Å². The number of hydrogen-bond acceptors (Lipinski definition) is 2. The molecule has 2 aromatic rings. The molecule has 1 N–H and O–H groups in total. The van der Waals surface area contributed by atoms with Crippen LogP contribution in [-0.4, -0.2) is 22.2 Å². The van der Waals surface area contributed by atoms with Crippen molar-refractivity contribution in [1.29, 1.82) is 0 Å². The van der Waals surface area contributed by atoms with Crippen molar-refractivity contribution < 1.29 is 4.79 Å². The lowest BCUT2D eigenvalue weighted by Gasteiger charge is -2.10. The maximum atomic E-state index is 12.4. The number of nitrogens with zero attached hydrogens (tertiary/aromatic N) is 2. The van der Waals surface area contributed by atoms with Gasteiger partial charge in [-0.15, -0.1) is 0 Å². The number of aryl methyl sites for hydroxylation is 1. The fraction of sp³-hybridized carbons (Fsp3) is 0.444.